The number of rotatable bonds is 0. The molecule has 0 saturated carbocycles. The summed E-state index contributed by atoms with van der Waals surface area (Å²) >= 11 is 4.08. The molecule has 0 fully saturated rings. The maximum absolute atomic E-state index is 4.08. The molecule has 1 aromatic carbocycles. The molecular weight excluding hydrogens is 144 g/mol. The van der Waals surface area contributed by atoms with Crippen molar-refractivity contribution in [2.24, 2.45) is 0 Å². The molecule has 0 heterocycles. The molecule has 40 valence electrons. The van der Waals surface area contributed by atoms with Gasteiger partial charge in [-0.3, -0.25) is 0 Å². The molecule has 0 amide bonds. The van der Waals surface area contributed by atoms with E-state index in [1.54, 1.807) is 0 Å². The molecule has 0 aliphatic rings. The Bertz CT molecular complexity index is 146. The summed E-state index contributed by atoms with van der Waals surface area (Å²) in [7, 11) is 0. The van der Waals surface area contributed by atoms with E-state index in [0.29, 0.717) is 0 Å². The summed E-state index contributed by atoms with van der Waals surface area (Å²) in [6, 6.07) is 9.79. The molecule has 0 radical (unpaired) electrons. The third-order valence-corrected chi connectivity index (χ3v) is 1.05. The normalized spacial score (nSPS) is 7.62. The summed E-state index contributed by atoms with van der Waals surface area (Å²) < 4.78 is 0. The Morgan fingerprint density at radius 1 is 1.12 bits per heavy atom. The van der Waals surface area contributed by atoms with E-state index in [9.17, 15) is 0 Å². The summed E-state index contributed by atoms with van der Waals surface area (Å²) in [5.41, 5.74) is 0. The molecule has 1 rings (SSSR count). The molecule has 1 aromatic rings. The van der Waals surface area contributed by atoms with Gasteiger partial charge in [-0.05, 0) is 12.1 Å². The molecule has 0 aliphatic carbocycles. The van der Waals surface area contributed by atoms with Gasteiger partial charge in [0.2, 0.25) is 0 Å². The van der Waals surface area contributed by atoms with E-state index in [0.717, 1.165) is 4.90 Å². The summed E-state index contributed by atoms with van der Waals surface area (Å²) in [5, 5.41) is 0. The molecule has 2 heteroatoms. The average molecular weight is 152 g/mol. The Labute approximate surface area is 87.7 Å². The van der Waals surface area contributed by atoms with Gasteiger partial charge in [0.25, 0.3) is 0 Å². The fraction of sp³-hybridized carbons (Fsp3) is 0. The van der Waals surface area contributed by atoms with Gasteiger partial charge in [0.15, 0.2) is 0 Å². The maximum Gasteiger partial charge on any atom is 2.00 e. The minimum Gasteiger partial charge on any atom is -1.00 e. The second kappa shape index (κ2) is 4.68. The van der Waals surface area contributed by atoms with Gasteiger partial charge in [0, 0.05) is 4.90 Å². The Balaban J connectivity index is -0.000000163. The fourth-order valence-corrected chi connectivity index (χ4v) is 0.600. The third kappa shape index (κ3) is 2.98. The SMILES string of the molecule is Sc1ccccc1.[Ca+2].[H-].[H-]. The van der Waals surface area contributed by atoms with Crippen LogP contribution in [0.2, 0.25) is 0 Å². The van der Waals surface area contributed by atoms with Gasteiger partial charge in [0.1, 0.15) is 0 Å². The van der Waals surface area contributed by atoms with Crippen LogP contribution in [0.1, 0.15) is 2.85 Å². The first-order valence-electron chi connectivity index (χ1n) is 2.13. The molecule has 0 atom stereocenters. The van der Waals surface area contributed by atoms with E-state index < -0.39 is 0 Å². The fourth-order valence-electron chi connectivity index (χ4n) is 0.428. The summed E-state index contributed by atoms with van der Waals surface area (Å²) in [4.78, 5) is 1.02. The van der Waals surface area contributed by atoms with E-state index in [1.165, 1.54) is 0 Å². The van der Waals surface area contributed by atoms with Crippen molar-refractivity contribution >= 4 is 50.4 Å². The molecule has 0 N–H and O–H groups in total. The topological polar surface area (TPSA) is 0 Å². The summed E-state index contributed by atoms with van der Waals surface area (Å²) in [6.45, 7) is 0. The van der Waals surface area contributed by atoms with Crippen molar-refractivity contribution in [2.75, 3.05) is 0 Å². The minimum atomic E-state index is 0. The van der Waals surface area contributed by atoms with Gasteiger partial charge in [0.05, 0.1) is 0 Å². The van der Waals surface area contributed by atoms with E-state index in [2.05, 4.69) is 12.6 Å². The molecule has 0 saturated heterocycles. The first-order valence-corrected chi connectivity index (χ1v) is 2.58. The van der Waals surface area contributed by atoms with E-state index in [4.69, 9.17) is 0 Å². The second-order valence-corrected chi connectivity index (χ2v) is 1.85. The van der Waals surface area contributed by atoms with Crippen molar-refractivity contribution in [3.8, 4) is 0 Å². The van der Waals surface area contributed by atoms with Crippen LogP contribution in [0.15, 0.2) is 35.2 Å². The van der Waals surface area contributed by atoms with Gasteiger partial charge in [-0.2, -0.15) is 0 Å². The largest absolute Gasteiger partial charge is 2.00 e. The molecule has 0 unspecified atom stereocenters. The van der Waals surface area contributed by atoms with E-state index >= 15 is 0 Å². The number of benzene rings is 1. The monoisotopic (exact) mass is 152 g/mol. The number of thiol groups is 1. The predicted molar refractivity (Wildman–Crippen MR) is 41.7 cm³/mol. The molecule has 0 aliphatic heterocycles. The van der Waals surface area contributed by atoms with Crippen molar-refractivity contribution in [1.29, 1.82) is 0 Å². The third-order valence-electron chi connectivity index (χ3n) is 0.756. The summed E-state index contributed by atoms with van der Waals surface area (Å²) in [5.74, 6) is 0. The van der Waals surface area contributed by atoms with E-state index in [1.807, 2.05) is 30.3 Å². The zero-order chi connectivity index (χ0) is 5.11. The minimum absolute atomic E-state index is 0. The van der Waals surface area contributed by atoms with Crippen LogP contribution in [-0.2, 0) is 0 Å². The van der Waals surface area contributed by atoms with Crippen LogP contribution in [0.3, 0.4) is 0 Å². The standard InChI is InChI=1S/C6H6S.Ca.2H/c7-6-4-2-1-3-5-6;;;/h1-5,7H;;;/q;+2;2*-1. The Morgan fingerprint density at radius 2 is 1.62 bits per heavy atom. The quantitative estimate of drug-likeness (QED) is 0.425. The number of hydrogen-bond donors (Lipinski definition) is 1. The molecule has 8 heavy (non-hydrogen) atoms. The number of hydrogen-bond acceptors (Lipinski definition) is 1. The maximum atomic E-state index is 4.08. The van der Waals surface area contributed by atoms with Crippen molar-refractivity contribution in [3.63, 3.8) is 0 Å². The van der Waals surface area contributed by atoms with Crippen LogP contribution in [-0.4, -0.2) is 37.7 Å². The predicted octanol–water partition coefficient (Wildman–Crippen LogP) is 1.82. The smallest absolute Gasteiger partial charge is 1.00 e. The van der Waals surface area contributed by atoms with Gasteiger partial charge >= 0.3 is 37.7 Å². The van der Waals surface area contributed by atoms with Crippen molar-refractivity contribution < 1.29 is 2.85 Å². The first kappa shape index (κ1) is 8.83. The van der Waals surface area contributed by atoms with Gasteiger partial charge < -0.3 is 2.85 Å². The first-order chi connectivity index (χ1) is 3.39. The van der Waals surface area contributed by atoms with E-state index in [-0.39, 0.29) is 40.6 Å². The average Bonchev–Trinajstić information content (AvgIpc) is 1.69. The van der Waals surface area contributed by atoms with Crippen LogP contribution in [0.5, 0.6) is 0 Å². The molecule has 0 aromatic heterocycles. The van der Waals surface area contributed by atoms with Crippen LogP contribution in [0.4, 0.5) is 0 Å². The molecule has 0 bridgehead atoms. The van der Waals surface area contributed by atoms with Crippen molar-refractivity contribution in [1.82, 2.24) is 0 Å². The Morgan fingerprint density at radius 3 is 1.88 bits per heavy atom. The van der Waals surface area contributed by atoms with Crippen LogP contribution in [0, 0.1) is 0 Å². The summed E-state index contributed by atoms with van der Waals surface area (Å²) in [6.07, 6.45) is 0. The van der Waals surface area contributed by atoms with Crippen LogP contribution < -0.4 is 0 Å². The molecular formula is C6H8CaS. The van der Waals surface area contributed by atoms with Gasteiger partial charge in [-0.15, -0.1) is 12.6 Å². The zero-order valence-electron chi connectivity index (χ0n) is 6.54. The Hall–Kier alpha value is 0.830. The molecule has 0 nitrogen and oxygen atoms in total. The van der Waals surface area contributed by atoms with Crippen LogP contribution in [0.25, 0.3) is 0 Å². The zero-order valence-corrected chi connectivity index (χ0v) is 7.64. The molecule has 0 spiro atoms. The Kier molecular flexibility index (Phi) is 5.17. The van der Waals surface area contributed by atoms with Crippen molar-refractivity contribution in [3.05, 3.63) is 30.3 Å². The van der Waals surface area contributed by atoms with Gasteiger partial charge in [-0.25, -0.2) is 0 Å². The van der Waals surface area contributed by atoms with Crippen LogP contribution >= 0.6 is 12.6 Å². The van der Waals surface area contributed by atoms with Crippen molar-refractivity contribution in [2.45, 2.75) is 4.90 Å². The van der Waals surface area contributed by atoms with Gasteiger partial charge in [-0.1, -0.05) is 18.2 Å². The second-order valence-electron chi connectivity index (χ2n) is 1.34.